The molecule has 0 aromatic heterocycles. The molecule has 2 aromatic rings. The molecule has 0 radical (unpaired) electrons. The number of hydrogen-bond donors (Lipinski definition) is 1. The first kappa shape index (κ1) is 13.9. The zero-order valence-electron chi connectivity index (χ0n) is 9.98. The van der Waals surface area contributed by atoms with Crippen LogP contribution < -0.4 is 4.74 Å². The van der Waals surface area contributed by atoms with Gasteiger partial charge in [0.1, 0.15) is 11.5 Å². The molecular formula is C14H10BrClO3. The molecule has 0 spiro atoms. The van der Waals surface area contributed by atoms with Crippen molar-refractivity contribution in [1.29, 1.82) is 0 Å². The van der Waals surface area contributed by atoms with Gasteiger partial charge in [-0.25, -0.2) is 4.79 Å². The Bertz CT molecular complexity index is 623. The van der Waals surface area contributed by atoms with Gasteiger partial charge >= 0.3 is 5.97 Å². The predicted molar refractivity (Wildman–Crippen MR) is 77.4 cm³/mol. The van der Waals surface area contributed by atoms with E-state index in [1.807, 2.05) is 0 Å². The summed E-state index contributed by atoms with van der Waals surface area (Å²) >= 11 is 9.15. The van der Waals surface area contributed by atoms with Crippen molar-refractivity contribution in [3.05, 3.63) is 57.0 Å². The molecule has 0 unspecified atom stereocenters. The van der Waals surface area contributed by atoms with Crippen LogP contribution in [-0.2, 0) is 0 Å². The fourth-order valence-electron chi connectivity index (χ4n) is 1.60. The highest BCUT2D eigenvalue weighted by Gasteiger charge is 2.13. The molecule has 0 saturated carbocycles. The second kappa shape index (κ2) is 5.63. The van der Waals surface area contributed by atoms with Crippen molar-refractivity contribution in [2.45, 2.75) is 6.92 Å². The van der Waals surface area contributed by atoms with Gasteiger partial charge in [0.15, 0.2) is 0 Å². The molecule has 3 nitrogen and oxygen atoms in total. The molecule has 0 amide bonds. The first-order chi connectivity index (χ1) is 8.99. The molecular weight excluding hydrogens is 332 g/mol. The standard InChI is InChI=1S/C14H10BrClO3/c1-8-11(14(17)18)6-7-12(13(8)15)19-10-4-2-9(16)3-5-10/h2-7H,1H3,(H,17,18). The normalized spacial score (nSPS) is 10.3. The molecule has 98 valence electrons. The summed E-state index contributed by atoms with van der Waals surface area (Å²) in [5.41, 5.74) is 0.870. The molecule has 0 saturated heterocycles. The second-order valence-electron chi connectivity index (χ2n) is 3.91. The maximum atomic E-state index is 11.0. The topological polar surface area (TPSA) is 46.5 Å². The number of carbonyl (C=O) groups is 1. The Morgan fingerprint density at radius 2 is 1.84 bits per heavy atom. The van der Waals surface area contributed by atoms with Crippen molar-refractivity contribution < 1.29 is 14.6 Å². The fourth-order valence-corrected chi connectivity index (χ4v) is 2.15. The van der Waals surface area contributed by atoms with Gasteiger partial charge in [-0.05, 0) is 64.8 Å². The Hall–Kier alpha value is -1.52. The first-order valence-corrected chi connectivity index (χ1v) is 6.62. The minimum Gasteiger partial charge on any atom is -0.478 e. The number of benzene rings is 2. The van der Waals surface area contributed by atoms with Crippen LogP contribution in [0, 0.1) is 6.92 Å². The highest BCUT2D eigenvalue weighted by Crippen LogP contribution is 2.34. The van der Waals surface area contributed by atoms with Gasteiger partial charge in [0.2, 0.25) is 0 Å². The predicted octanol–water partition coefficient (Wildman–Crippen LogP) is 4.90. The van der Waals surface area contributed by atoms with Crippen molar-refractivity contribution in [2.24, 2.45) is 0 Å². The maximum Gasteiger partial charge on any atom is 0.335 e. The first-order valence-electron chi connectivity index (χ1n) is 5.45. The van der Waals surface area contributed by atoms with Gasteiger partial charge < -0.3 is 9.84 Å². The lowest BCUT2D eigenvalue weighted by molar-refractivity contribution is 0.0696. The molecule has 2 aromatic carbocycles. The van der Waals surface area contributed by atoms with E-state index in [4.69, 9.17) is 21.4 Å². The Morgan fingerprint density at radius 3 is 2.42 bits per heavy atom. The SMILES string of the molecule is Cc1c(C(=O)O)ccc(Oc2ccc(Cl)cc2)c1Br. The summed E-state index contributed by atoms with van der Waals surface area (Å²) in [7, 11) is 0. The van der Waals surface area contributed by atoms with Gasteiger partial charge in [-0.15, -0.1) is 0 Å². The van der Waals surface area contributed by atoms with Crippen molar-refractivity contribution in [3.8, 4) is 11.5 Å². The van der Waals surface area contributed by atoms with E-state index in [1.165, 1.54) is 6.07 Å². The van der Waals surface area contributed by atoms with Crippen molar-refractivity contribution in [2.75, 3.05) is 0 Å². The lowest BCUT2D eigenvalue weighted by atomic mass is 10.1. The van der Waals surface area contributed by atoms with Crippen LogP contribution >= 0.6 is 27.5 Å². The smallest absolute Gasteiger partial charge is 0.335 e. The number of carboxylic acid groups (broad SMARTS) is 1. The number of rotatable bonds is 3. The number of halogens is 2. The van der Waals surface area contributed by atoms with E-state index in [2.05, 4.69) is 15.9 Å². The molecule has 19 heavy (non-hydrogen) atoms. The maximum absolute atomic E-state index is 11.0. The van der Waals surface area contributed by atoms with Gasteiger partial charge in [0.05, 0.1) is 10.0 Å². The molecule has 0 bridgehead atoms. The molecule has 0 aliphatic rings. The molecule has 0 aliphatic carbocycles. The van der Waals surface area contributed by atoms with Crippen LogP contribution in [0.25, 0.3) is 0 Å². The van der Waals surface area contributed by atoms with E-state index in [1.54, 1.807) is 37.3 Å². The number of aromatic carboxylic acids is 1. The van der Waals surface area contributed by atoms with E-state index >= 15 is 0 Å². The minimum absolute atomic E-state index is 0.246. The third-order valence-corrected chi connectivity index (χ3v) is 3.86. The Kier molecular flexibility index (Phi) is 4.12. The zero-order chi connectivity index (χ0) is 14.0. The van der Waals surface area contributed by atoms with Gasteiger partial charge in [0, 0.05) is 5.02 Å². The van der Waals surface area contributed by atoms with Crippen LogP contribution in [0.3, 0.4) is 0 Å². The average Bonchev–Trinajstić information content (AvgIpc) is 2.37. The van der Waals surface area contributed by atoms with E-state index in [0.717, 1.165) is 0 Å². The molecule has 5 heteroatoms. The van der Waals surface area contributed by atoms with Gasteiger partial charge in [0.25, 0.3) is 0 Å². The highest BCUT2D eigenvalue weighted by atomic mass is 79.9. The van der Waals surface area contributed by atoms with E-state index in [0.29, 0.717) is 26.6 Å². The Morgan fingerprint density at radius 1 is 1.21 bits per heavy atom. The molecule has 0 fully saturated rings. The van der Waals surface area contributed by atoms with Crippen LogP contribution in [0.2, 0.25) is 5.02 Å². The molecule has 0 heterocycles. The number of hydrogen-bond acceptors (Lipinski definition) is 2. The van der Waals surface area contributed by atoms with Gasteiger partial charge in [-0.2, -0.15) is 0 Å². The largest absolute Gasteiger partial charge is 0.478 e. The minimum atomic E-state index is -0.962. The summed E-state index contributed by atoms with van der Waals surface area (Å²) in [5, 5.41) is 9.65. The summed E-state index contributed by atoms with van der Waals surface area (Å²) in [5.74, 6) is 0.230. The average molecular weight is 342 g/mol. The van der Waals surface area contributed by atoms with Crippen LogP contribution in [-0.4, -0.2) is 11.1 Å². The summed E-state index contributed by atoms with van der Waals surface area (Å²) in [6.45, 7) is 1.72. The summed E-state index contributed by atoms with van der Waals surface area (Å²) in [6.07, 6.45) is 0. The van der Waals surface area contributed by atoms with Crippen LogP contribution in [0.15, 0.2) is 40.9 Å². The molecule has 0 aliphatic heterocycles. The fraction of sp³-hybridized carbons (Fsp3) is 0.0714. The van der Waals surface area contributed by atoms with Gasteiger partial charge in [-0.3, -0.25) is 0 Å². The quantitative estimate of drug-likeness (QED) is 0.863. The second-order valence-corrected chi connectivity index (χ2v) is 5.14. The van der Waals surface area contributed by atoms with E-state index in [-0.39, 0.29) is 5.56 Å². The van der Waals surface area contributed by atoms with Crippen LogP contribution in [0.5, 0.6) is 11.5 Å². The third-order valence-electron chi connectivity index (χ3n) is 2.62. The third kappa shape index (κ3) is 3.08. The molecule has 2 rings (SSSR count). The van der Waals surface area contributed by atoms with Crippen molar-refractivity contribution in [3.63, 3.8) is 0 Å². The molecule has 1 N–H and O–H groups in total. The Balaban J connectivity index is 2.34. The summed E-state index contributed by atoms with van der Waals surface area (Å²) in [4.78, 5) is 11.0. The number of carboxylic acids is 1. The van der Waals surface area contributed by atoms with Crippen molar-refractivity contribution >= 4 is 33.5 Å². The summed E-state index contributed by atoms with van der Waals surface area (Å²) in [6, 6.07) is 10.1. The lowest BCUT2D eigenvalue weighted by Gasteiger charge is -2.11. The molecule has 0 atom stereocenters. The zero-order valence-corrected chi connectivity index (χ0v) is 12.3. The Labute approximate surface area is 123 Å². The van der Waals surface area contributed by atoms with Crippen LogP contribution in [0.4, 0.5) is 0 Å². The van der Waals surface area contributed by atoms with Gasteiger partial charge in [-0.1, -0.05) is 11.6 Å². The van der Waals surface area contributed by atoms with Crippen molar-refractivity contribution in [1.82, 2.24) is 0 Å². The van der Waals surface area contributed by atoms with Crippen LogP contribution in [0.1, 0.15) is 15.9 Å². The summed E-state index contributed by atoms with van der Waals surface area (Å²) < 4.78 is 6.31. The highest BCUT2D eigenvalue weighted by molar-refractivity contribution is 9.10. The van der Waals surface area contributed by atoms with E-state index < -0.39 is 5.97 Å². The number of ether oxygens (including phenoxy) is 1. The lowest BCUT2D eigenvalue weighted by Crippen LogP contribution is -2.00. The monoisotopic (exact) mass is 340 g/mol. The van der Waals surface area contributed by atoms with E-state index in [9.17, 15) is 4.79 Å².